The number of carbonyl (C=O) groups is 2. The van der Waals surface area contributed by atoms with Gasteiger partial charge in [-0.3, -0.25) is 9.59 Å². The predicted molar refractivity (Wildman–Crippen MR) is 118 cm³/mol. The zero-order valence-electron chi connectivity index (χ0n) is 17.5. The van der Waals surface area contributed by atoms with Gasteiger partial charge in [0.2, 0.25) is 0 Å². The summed E-state index contributed by atoms with van der Waals surface area (Å²) in [6.07, 6.45) is 3.15. The third-order valence-corrected chi connectivity index (χ3v) is 7.29. The number of ketones is 1. The minimum atomic E-state index is -0.965. The third-order valence-electron chi connectivity index (χ3n) is 6.75. The van der Waals surface area contributed by atoms with Crippen LogP contribution in [0, 0.1) is 11.2 Å². The van der Waals surface area contributed by atoms with Crippen LogP contribution in [0.5, 0.6) is 11.5 Å². The number of ether oxygens (including phenoxy) is 2. The molecule has 1 N–H and O–H groups in total. The molecule has 3 saturated carbocycles. The summed E-state index contributed by atoms with van der Waals surface area (Å²) in [5, 5.41) is 3.79. The Bertz CT molecular complexity index is 1120. The van der Waals surface area contributed by atoms with E-state index in [4.69, 9.17) is 32.7 Å². The molecule has 1 aliphatic heterocycles. The number of halogens is 3. The number of fused-ring (bicyclic) bond motifs is 1. The molecule has 4 aliphatic rings. The van der Waals surface area contributed by atoms with E-state index in [1.165, 1.54) is 18.2 Å². The summed E-state index contributed by atoms with van der Waals surface area (Å²) in [5.41, 5.74) is -0.369. The van der Waals surface area contributed by atoms with E-state index in [9.17, 15) is 14.0 Å². The van der Waals surface area contributed by atoms with Gasteiger partial charge in [-0.2, -0.15) is 0 Å². The third kappa shape index (κ3) is 3.73. The smallest absolute Gasteiger partial charge is 0.264 e. The molecule has 0 unspecified atom stereocenters. The molecule has 2 aromatic carbocycles. The summed E-state index contributed by atoms with van der Waals surface area (Å²) >= 11 is 11.7. The maximum atomic E-state index is 13.5. The van der Waals surface area contributed by atoms with E-state index < -0.39 is 11.4 Å². The largest absolute Gasteiger partial charge is 0.486 e. The van der Waals surface area contributed by atoms with Crippen molar-refractivity contribution in [3.05, 3.63) is 57.8 Å². The van der Waals surface area contributed by atoms with E-state index >= 15 is 0 Å². The minimum absolute atomic E-state index is 0.00873. The molecule has 8 heteroatoms. The molecular weight excluding hydrogens is 456 g/mol. The summed E-state index contributed by atoms with van der Waals surface area (Å²) in [5.74, 6) is 0.191. The van der Waals surface area contributed by atoms with Crippen LogP contribution in [-0.4, -0.2) is 29.4 Å². The Labute approximate surface area is 195 Å². The molecule has 3 aliphatic carbocycles. The van der Waals surface area contributed by atoms with Crippen molar-refractivity contribution in [2.45, 2.75) is 50.2 Å². The summed E-state index contributed by atoms with van der Waals surface area (Å²) < 4.78 is 24.8. The van der Waals surface area contributed by atoms with E-state index in [0.717, 1.165) is 24.8 Å². The van der Waals surface area contributed by atoms with Crippen LogP contribution in [-0.2, 0) is 16.0 Å². The number of nitrogens with one attached hydrogen (secondary N) is 1. The Kier molecular flexibility index (Phi) is 4.95. The van der Waals surface area contributed by atoms with E-state index in [0.29, 0.717) is 23.6 Å². The van der Waals surface area contributed by atoms with Crippen LogP contribution in [0.15, 0.2) is 36.4 Å². The molecule has 32 heavy (non-hydrogen) atoms. The molecule has 0 saturated heterocycles. The molecule has 1 amide bonds. The van der Waals surface area contributed by atoms with Gasteiger partial charge in [0.25, 0.3) is 5.91 Å². The first-order valence-electron chi connectivity index (χ1n) is 10.5. The quantitative estimate of drug-likeness (QED) is 0.615. The molecule has 6 rings (SSSR count). The van der Waals surface area contributed by atoms with Crippen LogP contribution in [0.3, 0.4) is 0 Å². The van der Waals surface area contributed by atoms with Gasteiger partial charge in [0.1, 0.15) is 23.9 Å². The lowest BCUT2D eigenvalue weighted by Gasteiger charge is -2.71. The van der Waals surface area contributed by atoms with Gasteiger partial charge < -0.3 is 14.8 Å². The first kappa shape index (κ1) is 21.5. The summed E-state index contributed by atoms with van der Waals surface area (Å²) in [6.45, 7) is 1.67. The van der Waals surface area contributed by atoms with Crippen molar-refractivity contribution < 1.29 is 23.5 Å². The lowest BCUT2D eigenvalue weighted by Crippen LogP contribution is -2.76. The fraction of sp³-hybridized carbons (Fsp3) is 0.417. The highest BCUT2D eigenvalue weighted by atomic mass is 35.5. The van der Waals surface area contributed by atoms with Gasteiger partial charge in [-0.05, 0) is 61.9 Å². The average Bonchev–Trinajstić information content (AvgIpc) is 3.03. The van der Waals surface area contributed by atoms with Crippen LogP contribution in [0.4, 0.5) is 4.39 Å². The molecule has 3 fully saturated rings. The number of amides is 1. The molecule has 1 atom stereocenters. The van der Waals surface area contributed by atoms with Gasteiger partial charge in [0.15, 0.2) is 11.4 Å². The first-order valence-corrected chi connectivity index (χ1v) is 11.2. The van der Waals surface area contributed by atoms with Crippen LogP contribution >= 0.6 is 23.2 Å². The number of hydrogen-bond donors (Lipinski definition) is 1. The second-order valence-electron chi connectivity index (χ2n) is 9.61. The number of carbonyl (C=O) groups excluding carboxylic acids is 2. The lowest BCUT2D eigenvalue weighted by atomic mass is 9.38. The van der Waals surface area contributed by atoms with Crippen molar-refractivity contribution in [2.24, 2.45) is 5.41 Å². The average molecular weight is 478 g/mol. The van der Waals surface area contributed by atoms with E-state index in [1.54, 1.807) is 19.1 Å². The van der Waals surface area contributed by atoms with E-state index in [1.807, 2.05) is 6.07 Å². The molecule has 5 nitrogen and oxygen atoms in total. The molecule has 0 spiro atoms. The standard InChI is InChI=1S/C24H22Cl2FNO4/c1-22(8-14-6-15(25)2-5-20(14)32-22)21(30)28-24-11-23(12-24,13-24)9-16(29)10-31-17-3-4-18(26)19(27)7-17/h2-7H,8-13H2,1H3,(H,28,30)/t22-,23?,24?/m1/s1. The summed E-state index contributed by atoms with van der Waals surface area (Å²) in [6, 6.07) is 9.46. The zero-order chi connectivity index (χ0) is 22.7. The Morgan fingerprint density at radius 3 is 2.62 bits per heavy atom. The predicted octanol–water partition coefficient (Wildman–Crippen LogP) is 4.90. The van der Waals surface area contributed by atoms with E-state index in [-0.39, 0.29) is 40.0 Å². The van der Waals surface area contributed by atoms with Gasteiger partial charge in [-0.15, -0.1) is 0 Å². The first-order chi connectivity index (χ1) is 15.1. The topological polar surface area (TPSA) is 64.6 Å². The number of hydrogen-bond acceptors (Lipinski definition) is 4. The highest BCUT2D eigenvalue weighted by Gasteiger charge is 2.69. The second-order valence-corrected chi connectivity index (χ2v) is 10.5. The zero-order valence-corrected chi connectivity index (χ0v) is 19.0. The minimum Gasteiger partial charge on any atom is -0.486 e. The Morgan fingerprint density at radius 2 is 1.91 bits per heavy atom. The van der Waals surface area contributed by atoms with Gasteiger partial charge >= 0.3 is 0 Å². The molecule has 0 aromatic heterocycles. The van der Waals surface area contributed by atoms with Crippen molar-refractivity contribution in [2.75, 3.05) is 6.61 Å². The molecular formula is C24H22Cl2FNO4. The molecule has 2 bridgehead atoms. The van der Waals surface area contributed by atoms with Crippen LogP contribution in [0.25, 0.3) is 0 Å². The molecule has 0 radical (unpaired) electrons. The van der Waals surface area contributed by atoms with Crippen molar-refractivity contribution in [1.29, 1.82) is 0 Å². The van der Waals surface area contributed by atoms with Crippen molar-refractivity contribution in [3.63, 3.8) is 0 Å². The SMILES string of the molecule is C[C@]1(C(=O)NC23CC(CC(=O)COc4ccc(Cl)c(F)c4)(C2)C3)Cc2cc(Cl)ccc2O1. The van der Waals surface area contributed by atoms with Crippen LogP contribution < -0.4 is 14.8 Å². The second kappa shape index (κ2) is 7.35. The Hall–Kier alpha value is -2.31. The fourth-order valence-electron chi connectivity index (χ4n) is 5.45. The van der Waals surface area contributed by atoms with Crippen LogP contribution in [0.2, 0.25) is 10.0 Å². The van der Waals surface area contributed by atoms with E-state index in [2.05, 4.69) is 5.32 Å². The Balaban J connectivity index is 1.11. The number of Topliss-reactive ketones (excluding diaryl/α,β-unsaturated/α-hetero) is 1. The molecule has 2 aromatic rings. The van der Waals surface area contributed by atoms with Gasteiger partial charge in [-0.1, -0.05) is 23.2 Å². The monoisotopic (exact) mass is 477 g/mol. The number of benzene rings is 2. The normalized spacial score (nSPS) is 29.2. The Morgan fingerprint density at radius 1 is 1.16 bits per heavy atom. The van der Waals surface area contributed by atoms with Crippen molar-refractivity contribution in [1.82, 2.24) is 5.32 Å². The van der Waals surface area contributed by atoms with Crippen molar-refractivity contribution >= 4 is 34.9 Å². The van der Waals surface area contributed by atoms with Crippen molar-refractivity contribution in [3.8, 4) is 11.5 Å². The lowest BCUT2D eigenvalue weighted by molar-refractivity contribution is -0.178. The van der Waals surface area contributed by atoms with Gasteiger partial charge in [0, 0.05) is 35.0 Å². The number of rotatable bonds is 7. The fourth-order valence-corrected chi connectivity index (χ4v) is 5.76. The van der Waals surface area contributed by atoms with Gasteiger partial charge in [-0.25, -0.2) is 4.39 Å². The maximum absolute atomic E-state index is 13.5. The highest BCUT2D eigenvalue weighted by Crippen LogP contribution is 2.69. The van der Waals surface area contributed by atoms with Crippen LogP contribution in [0.1, 0.15) is 38.2 Å². The highest BCUT2D eigenvalue weighted by molar-refractivity contribution is 6.31. The van der Waals surface area contributed by atoms with Gasteiger partial charge in [0.05, 0.1) is 5.02 Å². The maximum Gasteiger partial charge on any atom is 0.264 e. The summed E-state index contributed by atoms with van der Waals surface area (Å²) in [7, 11) is 0. The molecule has 1 heterocycles. The molecule has 168 valence electrons. The summed E-state index contributed by atoms with van der Waals surface area (Å²) in [4.78, 5) is 25.4.